The Kier molecular flexibility index (Phi) is 2.66. The highest BCUT2D eigenvalue weighted by atomic mass is 31.2. The lowest BCUT2D eigenvalue weighted by molar-refractivity contribution is -0.262. The van der Waals surface area contributed by atoms with Gasteiger partial charge in [0.05, 0.1) is 6.61 Å². The van der Waals surface area contributed by atoms with Gasteiger partial charge in [-0.1, -0.05) is 0 Å². The van der Waals surface area contributed by atoms with Gasteiger partial charge in [-0.15, -0.1) is 0 Å². The Bertz CT molecular complexity index is 371. The molecule has 3 heterocycles. The lowest BCUT2D eigenvalue weighted by atomic mass is 9.77. The molecule has 16 heavy (non-hydrogen) atoms. The van der Waals surface area contributed by atoms with Crippen molar-refractivity contribution in [3.05, 3.63) is 11.8 Å². The van der Waals surface area contributed by atoms with E-state index in [4.69, 9.17) is 20.3 Å². The molecule has 0 aromatic carbocycles. The maximum absolute atomic E-state index is 10.6. The Morgan fingerprint density at radius 1 is 1.75 bits per heavy atom. The van der Waals surface area contributed by atoms with Gasteiger partial charge in [0.25, 0.3) is 0 Å². The first-order chi connectivity index (χ1) is 7.29. The molecular weight excluding hydrogens is 235 g/mol. The Labute approximate surface area is 92.8 Å². The normalized spacial score (nSPS) is 37.4. The summed E-state index contributed by atoms with van der Waals surface area (Å²) in [5.74, 6) is 0. The van der Waals surface area contributed by atoms with Gasteiger partial charge in [0.1, 0.15) is 11.3 Å². The van der Waals surface area contributed by atoms with Crippen LogP contribution in [0.2, 0.25) is 0 Å². The van der Waals surface area contributed by atoms with E-state index in [0.29, 0.717) is 12.0 Å². The van der Waals surface area contributed by atoms with E-state index in [2.05, 4.69) is 9.84 Å². The molecule has 8 heteroatoms. The number of phosphoric acid groups is 1. The summed E-state index contributed by atoms with van der Waals surface area (Å²) >= 11 is 0. The van der Waals surface area contributed by atoms with Crippen LogP contribution in [0, 0.1) is 0 Å². The minimum absolute atomic E-state index is 0.190. The molecule has 1 unspecified atom stereocenters. The van der Waals surface area contributed by atoms with Crippen LogP contribution >= 0.6 is 7.82 Å². The predicted octanol–water partition coefficient (Wildman–Crippen LogP) is -0.583. The fraction of sp³-hybridized carbons (Fsp3) is 0.750. The van der Waals surface area contributed by atoms with Crippen LogP contribution < -0.4 is 11.1 Å². The third-order valence-electron chi connectivity index (χ3n) is 2.90. The molecule has 92 valence electrons. The Morgan fingerprint density at radius 3 is 2.88 bits per heavy atom. The molecule has 5 N–H and O–H groups in total. The summed E-state index contributed by atoms with van der Waals surface area (Å²) in [6, 6.07) is 0. The minimum Gasteiger partial charge on any atom is -0.364 e. The monoisotopic (exact) mass is 250 g/mol. The lowest BCUT2D eigenvalue weighted by Crippen LogP contribution is -2.71. The fourth-order valence-electron chi connectivity index (χ4n) is 2.17. The molecule has 0 amide bonds. The highest BCUT2D eigenvalue weighted by Crippen LogP contribution is 2.48. The van der Waals surface area contributed by atoms with E-state index in [1.807, 2.05) is 6.92 Å². The van der Waals surface area contributed by atoms with Crippen LogP contribution in [0.3, 0.4) is 0 Å². The van der Waals surface area contributed by atoms with Crippen molar-refractivity contribution in [2.24, 2.45) is 5.73 Å². The molecular formula is C8H15N2O5P. The molecule has 3 rings (SSSR count). The van der Waals surface area contributed by atoms with Gasteiger partial charge < -0.3 is 25.6 Å². The second-order valence-corrected chi connectivity index (χ2v) is 5.53. The summed E-state index contributed by atoms with van der Waals surface area (Å²) < 4.78 is 20.7. The molecule has 1 fully saturated rings. The van der Waals surface area contributed by atoms with Crippen molar-refractivity contribution < 1.29 is 23.6 Å². The third kappa shape index (κ3) is 2.02. The fourth-order valence-corrected chi connectivity index (χ4v) is 2.48. The second-order valence-electron chi connectivity index (χ2n) is 4.29. The number of fused-ring (bicyclic) bond motifs is 1. The number of hydrogen-bond donors (Lipinski definition) is 4. The lowest BCUT2D eigenvalue weighted by Gasteiger charge is -2.58. The summed E-state index contributed by atoms with van der Waals surface area (Å²) in [5, 5.41) is 3.00. The van der Waals surface area contributed by atoms with Gasteiger partial charge in [0.15, 0.2) is 0 Å². The molecule has 0 aromatic heterocycles. The molecule has 0 aliphatic carbocycles. The Balaban J connectivity index is 2.07. The topological polar surface area (TPSA) is 114 Å². The van der Waals surface area contributed by atoms with Crippen molar-refractivity contribution in [1.29, 1.82) is 0 Å². The van der Waals surface area contributed by atoms with E-state index < -0.39 is 19.1 Å². The van der Waals surface area contributed by atoms with Crippen molar-refractivity contribution >= 4 is 7.82 Å². The van der Waals surface area contributed by atoms with Gasteiger partial charge in [0.2, 0.25) is 0 Å². The predicted molar refractivity (Wildman–Crippen MR) is 55.1 cm³/mol. The average molecular weight is 250 g/mol. The number of nitrogens with two attached hydrogens (primary N) is 1. The first-order valence-corrected chi connectivity index (χ1v) is 6.39. The maximum atomic E-state index is 10.6. The molecule has 0 saturated carbocycles. The molecule has 0 radical (unpaired) electrons. The smallest absolute Gasteiger partial charge is 0.364 e. The SMILES string of the molecule is CC12C[C@@](CN)(O1)C(COP(=O)(O)O)=CN2. The molecule has 0 aromatic rings. The van der Waals surface area contributed by atoms with E-state index >= 15 is 0 Å². The highest BCUT2D eigenvalue weighted by molar-refractivity contribution is 7.46. The van der Waals surface area contributed by atoms with Gasteiger partial charge in [-0.05, 0) is 6.92 Å². The van der Waals surface area contributed by atoms with Crippen LogP contribution in [-0.2, 0) is 13.8 Å². The van der Waals surface area contributed by atoms with E-state index in [-0.39, 0.29) is 13.2 Å². The molecule has 3 aliphatic rings. The van der Waals surface area contributed by atoms with Crippen LogP contribution in [0.15, 0.2) is 11.8 Å². The summed E-state index contributed by atoms with van der Waals surface area (Å²) in [5.41, 5.74) is 5.21. The van der Waals surface area contributed by atoms with Crippen molar-refractivity contribution in [1.82, 2.24) is 5.32 Å². The zero-order chi connectivity index (χ0) is 12.0. The Hall–Kier alpha value is -0.430. The summed E-state index contributed by atoms with van der Waals surface area (Å²) in [6.45, 7) is 1.96. The first kappa shape index (κ1) is 12.0. The zero-order valence-electron chi connectivity index (χ0n) is 8.84. The summed E-state index contributed by atoms with van der Waals surface area (Å²) in [7, 11) is -4.46. The van der Waals surface area contributed by atoms with Gasteiger partial charge in [0, 0.05) is 24.7 Å². The average Bonchev–Trinajstić information content (AvgIpc) is 2.13. The minimum atomic E-state index is -4.46. The standard InChI is InChI=1S/C8H15N2O5P/c1-7-4-8(5-9,15-7)6(2-10-7)3-14-16(11,12)13/h2,10H,3-5,9H2,1H3,(H2,11,12,13)/t7?,8-/m0/s1. The van der Waals surface area contributed by atoms with Crippen molar-refractivity contribution in [2.75, 3.05) is 13.2 Å². The largest absolute Gasteiger partial charge is 0.469 e. The zero-order valence-corrected chi connectivity index (χ0v) is 9.74. The molecule has 1 saturated heterocycles. The van der Waals surface area contributed by atoms with E-state index in [1.165, 1.54) is 0 Å². The number of nitrogens with one attached hydrogen (secondary N) is 1. The summed E-state index contributed by atoms with van der Waals surface area (Å²) in [4.78, 5) is 17.2. The number of phosphoric ester groups is 1. The van der Waals surface area contributed by atoms with Gasteiger partial charge >= 0.3 is 7.82 Å². The van der Waals surface area contributed by atoms with E-state index in [0.717, 1.165) is 0 Å². The van der Waals surface area contributed by atoms with Gasteiger partial charge in [-0.2, -0.15) is 0 Å². The number of hydrogen-bond acceptors (Lipinski definition) is 5. The molecule has 2 bridgehead atoms. The van der Waals surface area contributed by atoms with Crippen LogP contribution in [0.1, 0.15) is 13.3 Å². The number of ether oxygens (including phenoxy) is 1. The maximum Gasteiger partial charge on any atom is 0.469 e. The van der Waals surface area contributed by atoms with Crippen LogP contribution in [0.4, 0.5) is 0 Å². The first-order valence-electron chi connectivity index (χ1n) is 4.86. The molecule has 0 spiro atoms. The molecule has 7 nitrogen and oxygen atoms in total. The van der Waals surface area contributed by atoms with Crippen LogP contribution in [-0.4, -0.2) is 34.3 Å². The third-order valence-corrected chi connectivity index (χ3v) is 3.36. The van der Waals surface area contributed by atoms with Crippen molar-refractivity contribution in [2.45, 2.75) is 24.7 Å². The van der Waals surface area contributed by atoms with E-state index in [9.17, 15) is 4.57 Å². The number of rotatable bonds is 4. The quantitative estimate of drug-likeness (QED) is 0.493. The molecule has 2 atom stereocenters. The second kappa shape index (κ2) is 3.53. The van der Waals surface area contributed by atoms with Crippen molar-refractivity contribution in [3.63, 3.8) is 0 Å². The Morgan fingerprint density at radius 2 is 2.38 bits per heavy atom. The van der Waals surface area contributed by atoms with Crippen LogP contribution in [0.5, 0.6) is 0 Å². The highest BCUT2D eigenvalue weighted by Gasteiger charge is 2.57. The van der Waals surface area contributed by atoms with Crippen LogP contribution in [0.25, 0.3) is 0 Å². The molecule has 3 aliphatic heterocycles. The summed E-state index contributed by atoms with van der Waals surface area (Å²) in [6.07, 6.45) is 2.34. The van der Waals surface area contributed by atoms with Crippen molar-refractivity contribution in [3.8, 4) is 0 Å². The van der Waals surface area contributed by atoms with Gasteiger partial charge in [-0.25, -0.2) is 4.57 Å². The van der Waals surface area contributed by atoms with E-state index in [1.54, 1.807) is 6.20 Å². The van der Waals surface area contributed by atoms with Gasteiger partial charge in [-0.3, -0.25) is 4.52 Å².